The van der Waals surface area contributed by atoms with E-state index in [4.69, 9.17) is 5.73 Å². The molecule has 0 radical (unpaired) electrons. The number of nitro groups is 1. The Morgan fingerprint density at radius 1 is 1.09 bits per heavy atom. The molecule has 2 aromatic rings. The molecule has 2 aliphatic rings. The van der Waals surface area contributed by atoms with E-state index in [1.807, 2.05) is 0 Å². The van der Waals surface area contributed by atoms with Crippen molar-refractivity contribution in [3.8, 4) is 0 Å². The summed E-state index contributed by atoms with van der Waals surface area (Å²) in [6.07, 6.45) is 0. The van der Waals surface area contributed by atoms with E-state index in [1.54, 1.807) is 4.90 Å². The number of non-ortho nitro benzene ring substituents is 1. The zero-order valence-corrected chi connectivity index (χ0v) is 18.9. The van der Waals surface area contributed by atoms with E-state index in [1.165, 1.54) is 28.8 Å². The van der Waals surface area contributed by atoms with Gasteiger partial charge in [0.2, 0.25) is 5.91 Å². The number of nitrogen functional groups attached to an aromatic ring is 1. The molecule has 2 saturated heterocycles. The number of rotatable bonds is 6. The molecule has 2 aromatic carbocycles. The minimum Gasteiger partial charge on any atom is -0.398 e. The molecule has 0 spiro atoms. The fraction of sp³-hybridized carbons (Fsp3) is 0.417. The summed E-state index contributed by atoms with van der Waals surface area (Å²) in [6, 6.07) is 10.2. The normalized spacial score (nSPS) is 20.0. The Balaban J connectivity index is 1.28. The van der Waals surface area contributed by atoms with Crippen LogP contribution in [0.25, 0.3) is 0 Å². The molecule has 174 valence electrons. The third-order valence-corrected chi connectivity index (χ3v) is 6.70. The van der Waals surface area contributed by atoms with Crippen LogP contribution in [0, 0.1) is 35.8 Å². The van der Waals surface area contributed by atoms with Gasteiger partial charge in [-0.25, -0.2) is 0 Å². The van der Waals surface area contributed by atoms with Gasteiger partial charge in [-0.1, -0.05) is 23.8 Å². The second-order valence-corrected chi connectivity index (χ2v) is 9.15. The van der Waals surface area contributed by atoms with Gasteiger partial charge in [0.05, 0.1) is 17.0 Å². The molecule has 3 N–H and O–H groups in total. The summed E-state index contributed by atoms with van der Waals surface area (Å²) in [6.45, 7) is 8.29. The van der Waals surface area contributed by atoms with Gasteiger partial charge in [0.25, 0.3) is 11.6 Å². The van der Waals surface area contributed by atoms with Gasteiger partial charge in [-0.2, -0.15) is 0 Å². The lowest BCUT2D eigenvalue weighted by Gasteiger charge is -2.22. The van der Waals surface area contributed by atoms with Gasteiger partial charge < -0.3 is 16.0 Å². The number of likely N-dealkylation sites (tertiary alicyclic amines) is 2. The highest BCUT2D eigenvalue weighted by molar-refractivity contribution is 6.01. The third kappa shape index (κ3) is 4.98. The maximum absolute atomic E-state index is 12.7. The van der Waals surface area contributed by atoms with Crippen molar-refractivity contribution < 1.29 is 14.5 Å². The highest BCUT2D eigenvalue weighted by Gasteiger charge is 2.41. The second kappa shape index (κ2) is 9.19. The van der Waals surface area contributed by atoms with Gasteiger partial charge in [0, 0.05) is 50.5 Å². The van der Waals surface area contributed by atoms with Gasteiger partial charge in [-0.05, 0) is 42.9 Å². The predicted octanol–water partition coefficient (Wildman–Crippen LogP) is 2.11. The minimum absolute atomic E-state index is 0.00247. The molecule has 2 amide bonds. The van der Waals surface area contributed by atoms with Crippen molar-refractivity contribution in [2.45, 2.75) is 20.4 Å². The number of aryl methyl sites for hydroxylation is 2. The van der Waals surface area contributed by atoms with Crippen LogP contribution in [0.3, 0.4) is 0 Å². The Morgan fingerprint density at radius 2 is 1.79 bits per heavy atom. The molecule has 2 aliphatic heterocycles. The maximum Gasteiger partial charge on any atom is 0.270 e. The number of nitro benzene ring substituents is 1. The van der Waals surface area contributed by atoms with E-state index in [0.717, 1.165) is 25.7 Å². The molecule has 9 heteroatoms. The summed E-state index contributed by atoms with van der Waals surface area (Å²) < 4.78 is 0. The first-order chi connectivity index (χ1) is 15.7. The first kappa shape index (κ1) is 22.7. The lowest BCUT2D eigenvalue weighted by Crippen LogP contribution is -2.40. The summed E-state index contributed by atoms with van der Waals surface area (Å²) in [5.74, 6) is 0.122. The van der Waals surface area contributed by atoms with Gasteiger partial charge in [-0.3, -0.25) is 24.6 Å². The number of hydrogen-bond donors (Lipinski definition) is 2. The Kier molecular flexibility index (Phi) is 6.33. The molecule has 0 aromatic heterocycles. The van der Waals surface area contributed by atoms with Crippen LogP contribution >= 0.6 is 0 Å². The number of carbonyl (C=O) groups is 2. The van der Waals surface area contributed by atoms with Crippen LogP contribution in [-0.2, 0) is 11.3 Å². The van der Waals surface area contributed by atoms with Gasteiger partial charge in [0.15, 0.2) is 0 Å². The number of amides is 2. The van der Waals surface area contributed by atoms with Crippen LogP contribution in [0.5, 0.6) is 0 Å². The van der Waals surface area contributed by atoms with Crippen molar-refractivity contribution in [3.05, 3.63) is 68.8 Å². The lowest BCUT2D eigenvalue weighted by atomic mass is 10.0. The largest absolute Gasteiger partial charge is 0.398 e. The Morgan fingerprint density at radius 3 is 2.42 bits per heavy atom. The molecule has 0 bridgehead atoms. The molecule has 33 heavy (non-hydrogen) atoms. The number of fused-ring (bicyclic) bond motifs is 1. The maximum atomic E-state index is 12.7. The average Bonchev–Trinajstić information content (AvgIpc) is 3.32. The number of nitrogens with two attached hydrogens (primary N) is 1. The Bertz CT molecular complexity index is 1090. The quantitative estimate of drug-likeness (QED) is 0.394. The van der Waals surface area contributed by atoms with Crippen molar-refractivity contribution in [3.63, 3.8) is 0 Å². The van der Waals surface area contributed by atoms with Crippen molar-refractivity contribution in [1.29, 1.82) is 0 Å². The van der Waals surface area contributed by atoms with E-state index >= 15 is 0 Å². The molecule has 4 rings (SSSR count). The van der Waals surface area contributed by atoms with E-state index in [0.29, 0.717) is 24.9 Å². The number of carbonyl (C=O) groups excluding carboxylic acids is 2. The van der Waals surface area contributed by atoms with Crippen LogP contribution in [-0.4, -0.2) is 59.3 Å². The molecule has 2 atom stereocenters. The van der Waals surface area contributed by atoms with Crippen molar-refractivity contribution in [2.75, 3.05) is 38.5 Å². The highest BCUT2D eigenvalue weighted by Crippen LogP contribution is 2.32. The molecular weight excluding hydrogens is 422 g/mol. The molecule has 2 heterocycles. The van der Waals surface area contributed by atoms with E-state index in [9.17, 15) is 19.7 Å². The predicted molar refractivity (Wildman–Crippen MR) is 125 cm³/mol. The Hall–Kier alpha value is -3.46. The fourth-order valence-corrected chi connectivity index (χ4v) is 4.90. The van der Waals surface area contributed by atoms with Crippen molar-refractivity contribution in [2.24, 2.45) is 11.8 Å². The molecule has 0 aliphatic carbocycles. The van der Waals surface area contributed by atoms with E-state index in [2.05, 4.69) is 42.3 Å². The monoisotopic (exact) mass is 451 g/mol. The first-order valence-corrected chi connectivity index (χ1v) is 11.1. The van der Waals surface area contributed by atoms with Crippen LogP contribution in [0.4, 0.5) is 11.4 Å². The average molecular weight is 452 g/mol. The van der Waals surface area contributed by atoms with Crippen LogP contribution < -0.4 is 11.1 Å². The smallest absolute Gasteiger partial charge is 0.270 e. The van der Waals surface area contributed by atoms with Crippen LogP contribution in [0.1, 0.15) is 27.0 Å². The third-order valence-electron chi connectivity index (χ3n) is 6.70. The number of anilines is 1. The topological polar surface area (TPSA) is 122 Å². The minimum atomic E-state index is -0.594. The summed E-state index contributed by atoms with van der Waals surface area (Å²) in [5, 5.41) is 13.5. The molecule has 0 saturated carbocycles. The molecular formula is C24H29N5O4. The van der Waals surface area contributed by atoms with E-state index < -0.39 is 10.8 Å². The van der Waals surface area contributed by atoms with Crippen LogP contribution in [0.15, 0.2) is 36.4 Å². The zero-order chi connectivity index (χ0) is 23.7. The molecule has 2 unspecified atom stereocenters. The first-order valence-electron chi connectivity index (χ1n) is 11.1. The van der Waals surface area contributed by atoms with Crippen molar-refractivity contribution >= 4 is 23.2 Å². The Labute approximate surface area is 192 Å². The van der Waals surface area contributed by atoms with Crippen molar-refractivity contribution in [1.82, 2.24) is 15.1 Å². The highest BCUT2D eigenvalue weighted by atomic mass is 16.6. The number of nitrogens with one attached hydrogen (secondary N) is 1. The SMILES string of the molecule is Cc1ccc(CN2CC3CN(C(=O)CNC(=O)c4cc([N+](=O)[O-])ccc4N)CC3C2)c(C)c1. The fourth-order valence-electron chi connectivity index (χ4n) is 4.90. The molecule has 2 fully saturated rings. The molecule has 9 nitrogen and oxygen atoms in total. The van der Waals surface area contributed by atoms with E-state index in [-0.39, 0.29) is 29.4 Å². The van der Waals surface area contributed by atoms with Gasteiger partial charge in [0.1, 0.15) is 0 Å². The summed E-state index contributed by atoms with van der Waals surface area (Å²) in [5.41, 5.74) is 9.61. The lowest BCUT2D eigenvalue weighted by molar-refractivity contribution is -0.384. The summed E-state index contributed by atoms with van der Waals surface area (Å²) in [7, 11) is 0. The van der Waals surface area contributed by atoms with Crippen LogP contribution in [0.2, 0.25) is 0 Å². The summed E-state index contributed by atoms with van der Waals surface area (Å²) >= 11 is 0. The second-order valence-electron chi connectivity index (χ2n) is 9.15. The summed E-state index contributed by atoms with van der Waals surface area (Å²) in [4.78, 5) is 39.7. The number of nitrogens with zero attached hydrogens (tertiary/aromatic N) is 3. The van der Waals surface area contributed by atoms with Gasteiger partial charge >= 0.3 is 0 Å². The zero-order valence-electron chi connectivity index (χ0n) is 18.9. The standard InChI is InChI=1S/C24H29N5O4/c1-15-3-4-17(16(2)7-15)10-27-11-18-13-28(14-19(18)12-27)23(30)9-26-24(31)21-8-20(29(32)33)5-6-22(21)25/h3-8,18-19H,9-14,25H2,1-2H3,(H,26,31). The van der Waals surface area contributed by atoms with Gasteiger partial charge in [-0.15, -0.1) is 0 Å². The number of benzene rings is 2. The number of hydrogen-bond acceptors (Lipinski definition) is 6.